The quantitative estimate of drug-likeness (QED) is 0.619. The van der Waals surface area contributed by atoms with Crippen LogP contribution in [0.4, 0.5) is 0 Å². The number of benzene rings is 2. The predicted octanol–water partition coefficient (Wildman–Crippen LogP) is 2.53. The predicted molar refractivity (Wildman–Crippen MR) is 98.9 cm³/mol. The number of aliphatic hydroxyl groups is 2. The standard InChI is InChI=1S/C20H23N3O2/c1-23(13-19(25)14-24)12-18-11-21-22-20(18)17-9-7-16(8-10-17)15-5-3-2-4-6-15/h2-11,19,24-25H,12-14H2,1H3,(H,21,22)/t19-/m0/s1. The lowest BCUT2D eigenvalue weighted by atomic mass is 10.0. The van der Waals surface area contributed by atoms with Gasteiger partial charge in [0.25, 0.3) is 0 Å². The number of aromatic nitrogens is 2. The number of H-pyrrole nitrogens is 1. The Bertz CT molecular complexity index is 784. The minimum atomic E-state index is -0.731. The van der Waals surface area contributed by atoms with Gasteiger partial charge in [0.1, 0.15) is 0 Å². The van der Waals surface area contributed by atoms with E-state index in [2.05, 4.69) is 46.6 Å². The van der Waals surface area contributed by atoms with Gasteiger partial charge >= 0.3 is 0 Å². The van der Waals surface area contributed by atoms with Gasteiger partial charge in [-0.2, -0.15) is 5.10 Å². The molecular weight excluding hydrogens is 314 g/mol. The van der Waals surface area contributed by atoms with E-state index in [0.29, 0.717) is 13.1 Å². The molecule has 0 aliphatic rings. The van der Waals surface area contributed by atoms with Crippen LogP contribution in [0.5, 0.6) is 0 Å². The Balaban J connectivity index is 1.76. The second kappa shape index (κ2) is 8.07. The van der Waals surface area contributed by atoms with E-state index in [-0.39, 0.29) is 6.61 Å². The first-order valence-corrected chi connectivity index (χ1v) is 8.33. The van der Waals surface area contributed by atoms with Gasteiger partial charge in [-0.3, -0.25) is 10.00 Å². The summed E-state index contributed by atoms with van der Waals surface area (Å²) >= 11 is 0. The van der Waals surface area contributed by atoms with Crippen LogP contribution in [-0.4, -0.2) is 51.6 Å². The monoisotopic (exact) mass is 337 g/mol. The van der Waals surface area contributed by atoms with Gasteiger partial charge in [-0.15, -0.1) is 0 Å². The highest BCUT2D eigenvalue weighted by Crippen LogP contribution is 2.26. The normalized spacial score (nSPS) is 12.5. The van der Waals surface area contributed by atoms with Gasteiger partial charge in [-0.05, 0) is 23.7 Å². The topological polar surface area (TPSA) is 72.4 Å². The molecule has 5 heteroatoms. The lowest BCUT2D eigenvalue weighted by Gasteiger charge is -2.19. The number of likely N-dealkylation sites (N-methyl/N-ethyl adjacent to an activating group) is 1. The number of aromatic amines is 1. The first-order chi connectivity index (χ1) is 12.2. The molecule has 0 spiro atoms. The summed E-state index contributed by atoms with van der Waals surface area (Å²) in [5.74, 6) is 0. The van der Waals surface area contributed by atoms with Crippen LogP contribution >= 0.6 is 0 Å². The second-order valence-electron chi connectivity index (χ2n) is 6.25. The first-order valence-electron chi connectivity index (χ1n) is 8.33. The summed E-state index contributed by atoms with van der Waals surface area (Å²) in [6, 6.07) is 18.7. The maximum atomic E-state index is 9.57. The minimum Gasteiger partial charge on any atom is -0.394 e. The maximum absolute atomic E-state index is 9.57. The van der Waals surface area contributed by atoms with Gasteiger partial charge in [0.2, 0.25) is 0 Å². The van der Waals surface area contributed by atoms with Crippen molar-refractivity contribution >= 4 is 0 Å². The highest BCUT2D eigenvalue weighted by atomic mass is 16.3. The van der Waals surface area contributed by atoms with Crippen LogP contribution in [0.15, 0.2) is 60.8 Å². The molecule has 0 aliphatic carbocycles. The molecule has 5 nitrogen and oxygen atoms in total. The average Bonchev–Trinajstić information content (AvgIpc) is 3.10. The van der Waals surface area contributed by atoms with Crippen LogP contribution in [0.25, 0.3) is 22.4 Å². The maximum Gasteiger partial charge on any atom is 0.0897 e. The van der Waals surface area contributed by atoms with Gasteiger partial charge in [-0.25, -0.2) is 0 Å². The molecule has 1 heterocycles. The van der Waals surface area contributed by atoms with Gasteiger partial charge < -0.3 is 10.2 Å². The molecule has 1 aromatic heterocycles. The van der Waals surface area contributed by atoms with Crippen LogP contribution in [0.1, 0.15) is 5.56 Å². The zero-order valence-electron chi connectivity index (χ0n) is 14.3. The summed E-state index contributed by atoms with van der Waals surface area (Å²) in [4.78, 5) is 1.97. The van der Waals surface area contributed by atoms with E-state index in [9.17, 15) is 5.11 Å². The molecule has 130 valence electrons. The van der Waals surface area contributed by atoms with E-state index in [1.165, 1.54) is 11.1 Å². The Hall–Kier alpha value is -2.47. The molecule has 0 aliphatic heterocycles. The van der Waals surface area contributed by atoms with Crippen molar-refractivity contribution in [3.05, 3.63) is 66.4 Å². The van der Waals surface area contributed by atoms with Crippen molar-refractivity contribution < 1.29 is 10.2 Å². The molecular formula is C20H23N3O2. The summed E-state index contributed by atoms with van der Waals surface area (Å²) in [7, 11) is 1.91. The van der Waals surface area contributed by atoms with Crippen LogP contribution in [0.2, 0.25) is 0 Å². The van der Waals surface area contributed by atoms with E-state index in [4.69, 9.17) is 5.11 Å². The molecule has 0 fully saturated rings. The third-order valence-corrected chi connectivity index (χ3v) is 4.17. The third kappa shape index (κ3) is 4.33. The fourth-order valence-corrected chi connectivity index (χ4v) is 2.91. The van der Waals surface area contributed by atoms with E-state index in [1.54, 1.807) is 0 Å². The molecule has 3 N–H and O–H groups in total. The summed E-state index contributed by atoms with van der Waals surface area (Å²) in [6.07, 6.45) is 1.08. The molecule has 2 aromatic carbocycles. The van der Waals surface area contributed by atoms with E-state index in [0.717, 1.165) is 16.8 Å². The van der Waals surface area contributed by atoms with Crippen molar-refractivity contribution in [1.82, 2.24) is 15.1 Å². The molecule has 0 amide bonds. The summed E-state index contributed by atoms with van der Waals surface area (Å²) in [6.45, 7) is 0.820. The van der Waals surface area contributed by atoms with Crippen LogP contribution in [0, 0.1) is 0 Å². The van der Waals surface area contributed by atoms with Crippen molar-refractivity contribution in [1.29, 1.82) is 0 Å². The Morgan fingerprint density at radius 1 is 1.00 bits per heavy atom. The van der Waals surface area contributed by atoms with Gasteiger partial charge in [0.05, 0.1) is 24.6 Å². The Morgan fingerprint density at radius 3 is 2.32 bits per heavy atom. The Labute approximate surface area is 147 Å². The van der Waals surface area contributed by atoms with Crippen molar-refractivity contribution in [3.63, 3.8) is 0 Å². The second-order valence-corrected chi connectivity index (χ2v) is 6.25. The van der Waals surface area contributed by atoms with Crippen molar-refractivity contribution in [2.45, 2.75) is 12.6 Å². The van der Waals surface area contributed by atoms with Crippen molar-refractivity contribution in [3.8, 4) is 22.4 Å². The lowest BCUT2D eigenvalue weighted by molar-refractivity contribution is 0.0648. The van der Waals surface area contributed by atoms with E-state index < -0.39 is 6.10 Å². The number of nitrogens with zero attached hydrogens (tertiary/aromatic N) is 2. The van der Waals surface area contributed by atoms with Gasteiger partial charge in [-0.1, -0.05) is 54.6 Å². The highest BCUT2D eigenvalue weighted by Gasteiger charge is 2.12. The van der Waals surface area contributed by atoms with Crippen LogP contribution < -0.4 is 0 Å². The number of nitrogens with one attached hydrogen (secondary N) is 1. The Morgan fingerprint density at radius 2 is 1.64 bits per heavy atom. The first kappa shape index (κ1) is 17.4. The number of hydrogen-bond acceptors (Lipinski definition) is 4. The van der Waals surface area contributed by atoms with Crippen LogP contribution in [-0.2, 0) is 6.54 Å². The minimum absolute atomic E-state index is 0.233. The molecule has 0 bridgehead atoms. The molecule has 0 radical (unpaired) electrons. The summed E-state index contributed by atoms with van der Waals surface area (Å²) in [5.41, 5.74) is 5.47. The zero-order valence-corrected chi connectivity index (χ0v) is 14.3. The molecule has 3 rings (SSSR count). The molecule has 0 unspecified atom stereocenters. The number of hydrogen-bond donors (Lipinski definition) is 3. The average molecular weight is 337 g/mol. The fraction of sp³-hybridized carbons (Fsp3) is 0.250. The SMILES string of the molecule is CN(Cc1cn[nH]c1-c1ccc(-c2ccccc2)cc1)C[C@H](O)CO. The highest BCUT2D eigenvalue weighted by molar-refractivity contribution is 5.69. The van der Waals surface area contributed by atoms with E-state index in [1.807, 2.05) is 36.3 Å². The fourth-order valence-electron chi connectivity index (χ4n) is 2.91. The lowest BCUT2D eigenvalue weighted by Crippen LogP contribution is -2.31. The molecule has 1 atom stereocenters. The Kier molecular flexibility index (Phi) is 5.60. The number of rotatable bonds is 7. The molecule has 25 heavy (non-hydrogen) atoms. The number of aliphatic hydroxyl groups excluding tert-OH is 2. The summed E-state index contributed by atoms with van der Waals surface area (Å²) < 4.78 is 0. The molecule has 0 saturated heterocycles. The zero-order chi connectivity index (χ0) is 17.6. The van der Waals surface area contributed by atoms with Gasteiger partial charge in [0.15, 0.2) is 0 Å². The summed E-state index contributed by atoms with van der Waals surface area (Å²) in [5, 5.41) is 25.8. The smallest absolute Gasteiger partial charge is 0.0897 e. The van der Waals surface area contributed by atoms with E-state index >= 15 is 0 Å². The molecule has 0 saturated carbocycles. The molecule has 3 aromatic rings. The van der Waals surface area contributed by atoms with Gasteiger partial charge in [0, 0.05) is 18.7 Å². The largest absolute Gasteiger partial charge is 0.394 e. The van der Waals surface area contributed by atoms with Crippen molar-refractivity contribution in [2.24, 2.45) is 0 Å². The third-order valence-electron chi connectivity index (χ3n) is 4.17. The van der Waals surface area contributed by atoms with Crippen molar-refractivity contribution in [2.75, 3.05) is 20.2 Å². The van der Waals surface area contributed by atoms with Crippen LogP contribution in [0.3, 0.4) is 0 Å².